The van der Waals surface area contributed by atoms with Gasteiger partial charge in [0, 0.05) is 18.7 Å². The first kappa shape index (κ1) is 37.7. The summed E-state index contributed by atoms with van der Waals surface area (Å²) in [4.78, 5) is 71.7. The van der Waals surface area contributed by atoms with Crippen LogP contribution < -0.4 is 27.0 Å². The Bertz CT molecular complexity index is 1010. The molecule has 0 radical (unpaired) electrons. The van der Waals surface area contributed by atoms with Gasteiger partial charge in [0.25, 0.3) is 5.91 Å². The molecule has 234 valence electrons. The monoisotopic (exact) mass is 590 g/mol. The molecule has 0 aromatic heterocycles. The van der Waals surface area contributed by atoms with Crippen molar-refractivity contribution >= 4 is 41.8 Å². The number of carbonyl (C=O) groups is 6. The first-order valence-corrected chi connectivity index (χ1v) is 14.1. The van der Waals surface area contributed by atoms with Gasteiger partial charge in [-0.05, 0) is 50.0 Å². The summed E-state index contributed by atoms with van der Waals surface area (Å²) in [6.45, 7) is 7.91. The van der Waals surface area contributed by atoms with E-state index >= 15 is 0 Å². The highest BCUT2D eigenvalue weighted by molar-refractivity contribution is 5.97. The van der Waals surface area contributed by atoms with Crippen molar-refractivity contribution in [2.24, 2.45) is 5.73 Å². The summed E-state index contributed by atoms with van der Waals surface area (Å²) in [5.74, 6) is -1.93. The Morgan fingerprint density at radius 1 is 1.00 bits per heavy atom. The van der Waals surface area contributed by atoms with E-state index in [0.717, 1.165) is 16.9 Å². The zero-order valence-electron chi connectivity index (χ0n) is 25.1. The fourth-order valence-electron chi connectivity index (χ4n) is 3.24. The van der Waals surface area contributed by atoms with Gasteiger partial charge in [-0.3, -0.25) is 28.9 Å². The van der Waals surface area contributed by atoms with Gasteiger partial charge < -0.3 is 31.7 Å². The summed E-state index contributed by atoms with van der Waals surface area (Å²) >= 11 is 0. The van der Waals surface area contributed by atoms with Gasteiger partial charge >= 0.3 is 6.03 Å². The lowest BCUT2D eigenvalue weighted by molar-refractivity contribution is -0.135. The molecule has 1 aromatic rings. The Morgan fingerprint density at radius 3 is 2.24 bits per heavy atom. The van der Waals surface area contributed by atoms with Crippen molar-refractivity contribution in [3.05, 3.63) is 42.0 Å². The second-order valence-electron chi connectivity index (χ2n) is 9.08. The van der Waals surface area contributed by atoms with Crippen LogP contribution in [0.15, 0.2) is 36.4 Å². The Morgan fingerprint density at radius 2 is 1.67 bits per heavy atom. The lowest BCUT2D eigenvalue weighted by atomic mass is 10.1. The number of aryl methyl sites for hydroxylation is 1. The molecule has 1 aromatic carbocycles. The van der Waals surface area contributed by atoms with Crippen molar-refractivity contribution in [3.8, 4) is 0 Å². The molecule has 0 aliphatic carbocycles. The number of hydrogen-bond acceptors (Lipinski definition) is 7. The third-order valence-corrected chi connectivity index (χ3v) is 5.37. The van der Waals surface area contributed by atoms with E-state index in [0.29, 0.717) is 18.5 Å². The van der Waals surface area contributed by atoms with E-state index in [2.05, 4.69) is 35.1 Å². The van der Waals surface area contributed by atoms with Gasteiger partial charge in [0.2, 0.25) is 24.1 Å². The zero-order valence-corrected chi connectivity index (χ0v) is 25.1. The van der Waals surface area contributed by atoms with Gasteiger partial charge in [-0.2, -0.15) is 0 Å². The van der Waals surface area contributed by atoms with Crippen molar-refractivity contribution in [3.63, 3.8) is 0 Å². The van der Waals surface area contributed by atoms with E-state index in [4.69, 9.17) is 10.5 Å². The molecule has 13 nitrogen and oxygen atoms in total. The second kappa shape index (κ2) is 23.4. The lowest BCUT2D eigenvalue weighted by Gasteiger charge is -2.19. The number of allylic oxidation sites excluding steroid dienone is 1. The van der Waals surface area contributed by atoms with E-state index in [1.807, 2.05) is 19.1 Å². The van der Waals surface area contributed by atoms with Crippen LogP contribution in [0.25, 0.3) is 0 Å². The van der Waals surface area contributed by atoms with Crippen LogP contribution in [0.5, 0.6) is 0 Å². The van der Waals surface area contributed by atoms with Crippen molar-refractivity contribution in [1.29, 1.82) is 0 Å². The molecule has 0 saturated heterocycles. The van der Waals surface area contributed by atoms with Crippen LogP contribution in [0.2, 0.25) is 0 Å². The highest BCUT2D eigenvalue weighted by atomic mass is 16.5. The highest BCUT2D eigenvalue weighted by Gasteiger charge is 2.21. The Labute approximate surface area is 248 Å². The number of benzene rings is 1. The average molecular weight is 591 g/mol. The molecule has 0 heterocycles. The minimum atomic E-state index is -0.913. The standard InChI is InChI=1S/C26H38N6O7.C3H8/c1-3-6-24(36)32(18-33)14-16-39-15-12-22(34)29-17-23(35)31-21(7-5-13-28-26(27)38)25(37)30-20-10-8-19(4-2)9-11-20;1-3-2/h3,6,8-11,18,21H,4-5,7,12-17H2,1-2H3,(H,29,34)(H,30,37)(H,31,35)(H3,27,28,38);3H2,1-2H3/b6-3-;. The lowest BCUT2D eigenvalue weighted by Crippen LogP contribution is -2.47. The van der Waals surface area contributed by atoms with Crippen LogP contribution in [0, 0.1) is 0 Å². The number of carbonyl (C=O) groups excluding carboxylic acids is 6. The maximum absolute atomic E-state index is 12.8. The largest absolute Gasteiger partial charge is 0.379 e. The molecule has 0 aliphatic heterocycles. The SMILES string of the molecule is C/C=C\C(=O)N(C=O)CCOCCC(=O)NCC(=O)NC(CCCNC(N)=O)C(=O)Nc1ccc(CC)cc1.CCC. The molecular formula is C29H46N6O7. The van der Waals surface area contributed by atoms with Crippen molar-refractivity contribution in [1.82, 2.24) is 20.9 Å². The van der Waals surface area contributed by atoms with E-state index in [9.17, 15) is 28.8 Å². The molecule has 42 heavy (non-hydrogen) atoms. The highest BCUT2D eigenvalue weighted by Crippen LogP contribution is 2.11. The van der Waals surface area contributed by atoms with Crippen LogP contribution in [0.1, 0.15) is 58.9 Å². The molecule has 0 spiro atoms. The quantitative estimate of drug-likeness (QED) is 0.0975. The van der Waals surface area contributed by atoms with Crippen LogP contribution in [0.4, 0.5) is 10.5 Å². The van der Waals surface area contributed by atoms with Crippen molar-refractivity contribution in [2.45, 2.75) is 65.8 Å². The third kappa shape index (κ3) is 18.2. The first-order chi connectivity index (χ1) is 20.1. The van der Waals surface area contributed by atoms with Crippen LogP contribution in [-0.2, 0) is 35.1 Å². The third-order valence-electron chi connectivity index (χ3n) is 5.37. The molecule has 0 fully saturated rings. The van der Waals surface area contributed by atoms with E-state index < -0.39 is 35.7 Å². The number of rotatable bonds is 18. The predicted octanol–water partition coefficient (Wildman–Crippen LogP) is 1.62. The number of anilines is 1. The summed E-state index contributed by atoms with van der Waals surface area (Å²) in [7, 11) is 0. The topological polar surface area (TPSA) is 189 Å². The number of nitrogens with one attached hydrogen (secondary N) is 4. The van der Waals surface area contributed by atoms with Gasteiger partial charge in [0.15, 0.2) is 0 Å². The van der Waals surface area contributed by atoms with Crippen LogP contribution >= 0.6 is 0 Å². The maximum Gasteiger partial charge on any atom is 0.312 e. The number of amides is 7. The Hall–Kier alpha value is -4.26. The van der Waals surface area contributed by atoms with E-state index in [1.54, 1.807) is 19.1 Å². The summed E-state index contributed by atoms with van der Waals surface area (Å²) in [5.41, 5.74) is 6.74. The van der Waals surface area contributed by atoms with Gasteiger partial charge in [0.1, 0.15) is 6.04 Å². The molecule has 1 unspecified atom stereocenters. The summed E-state index contributed by atoms with van der Waals surface area (Å²) < 4.78 is 5.28. The molecule has 1 rings (SSSR count). The van der Waals surface area contributed by atoms with Gasteiger partial charge in [-0.15, -0.1) is 0 Å². The first-order valence-electron chi connectivity index (χ1n) is 14.1. The molecule has 6 N–H and O–H groups in total. The average Bonchev–Trinajstić information content (AvgIpc) is 2.96. The molecule has 0 saturated carbocycles. The van der Waals surface area contributed by atoms with Gasteiger partial charge in [-0.1, -0.05) is 45.4 Å². The zero-order chi connectivity index (χ0) is 31.8. The molecular weight excluding hydrogens is 544 g/mol. The van der Waals surface area contributed by atoms with Crippen molar-refractivity contribution < 1.29 is 33.5 Å². The molecule has 7 amide bonds. The summed E-state index contributed by atoms with van der Waals surface area (Å²) in [5, 5.41) is 10.2. The number of primary amides is 1. The minimum absolute atomic E-state index is 0.0205. The summed E-state index contributed by atoms with van der Waals surface area (Å²) in [6.07, 6.45) is 5.83. The maximum atomic E-state index is 12.8. The number of imide groups is 1. The fraction of sp³-hybridized carbons (Fsp3) is 0.517. The number of urea groups is 1. The second-order valence-corrected chi connectivity index (χ2v) is 9.08. The summed E-state index contributed by atoms with van der Waals surface area (Å²) in [6, 6.07) is 5.71. The minimum Gasteiger partial charge on any atom is -0.379 e. The Balaban J connectivity index is 0.00000535. The van der Waals surface area contributed by atoms with E-state index in [-0.39, 0.29) is 45.7 Å². The molecule has 1 atom stereocenters. The predicted molar refractivity (Wildman–Crippen MR) is 160 cm³/mol. The van der Waals surface area contributed by atoms with Gasteiger partial charge in [0.05, 0.1) is 26.3 Å². The number of nitrogens with zero attached hydrogens (tertiary/aromatic N) is 1. The normalized spacial score (nSPS) is 11.0. The number of ether oxygens (including phenoxy) is 1. The molecule has 0 aliphatic rings. The smallest absolute Gasteiger partial charge is 0.312 e. The van der Waals surface area contributed by atoms with Crippen LogP contribution in [-0.4, -0.2) is 79.9 Å². The fourth-order valence-corrected chi connectivity index (χ4v) is 3.24. The molecule has 13 heteroatoms. The van der Waals surface area contributed by atoms with Gasteiger partial charge in [-0.25, -0.2) is 4.79 Å². The van der Waals surface area contributed by atoms with Crippen LogP contribution in [0.3, 0.4) is 0 Å². The molecule has 0 bridgehead atoms. The Kier molecular flexibility index (Phi) is 21.1. The van der Waals surface area contributed by atoms with Crippen molar-refractivity contribution in [2.75, 3.05) is 38.2 Å². The number of nitrogens with two attached hydrogens (primary N) is 1. The number of hydrogen-bond donors (Lipinski definition) is 5. The van der Waals surface area contributed by atoms with E-state index in [1.165, 1.54) is 18.6 Å².